The van der Waals surface area contributed by atoms with Gasteiger partial charge in [-0.2, -0.15) is 0 Å². The average Bonchev–Trinajstić information content (AvgIpc) is 2.95. The van der Waals surface area contributed by atoms with Gasteiger partial charge in [-0.25, -0.2) is 4.79 Å². The highest BCUT2D eigenvalue weighted by molar-refractivity contribution is 5.73. The Morgan fingerprint density at radius 1 is 1.31 bits per heavy atom. The van der Waals surface area contributed by atoms with Crippen molar-refractivity contribution in [2.45, 2.75) is 58.5 Å². The molecule has 2 fully saturated rings. The van der Waals surface area contributed by atoms with Crippen molar-refractivity contribution in [2.75, 3.05) is 0 Å². The molecule has 0 radical (unpaired) electrons. The first-order valence-electron chi connectivity index (χ1n) is 6.28. The summed E-state index contributed by atoms with van der Waals surface area (Å²) in [7, 11) is 0. The molecule has 0 amide bonds. The molecule has 2 rings (SSSR count). The molecule has 0 aromatic carbocycles. The van der Waals surface area contributed by atoms with E-state index in [4.69, 9.17) is 5.11 Å². The normalized spacial score (nSPS) is 33.1. The highest BCUT2D eigenvalue weighted by atomic mass is 16.4. The van der Waals surface area contributed by atoms with Gasteiger partial charge < -0.3 is 10.2 Å². The predicted octanol–water partition coefficient (Wildman–Crippen LogP) is 2.43. The van der Waals surface area contributed by atoms with Crippen LogP contribution in [0.1, 0.15) is 52.4 Å². The Bertz CT molecular complexity index is 292. The largest absolute Gasteiger partial charge is 0.479 e. The average molecular weight is 226 g/mol. The summed E-state index contributed by atoms with van der Waals surface area (Å²) in [5.74, 6) is -0.636. The number of carboxylic acids is 1. The fraction of sp³-hybridized carbons (Fsp3) is 0.923. The van der Waals surface area contributed by atoms with Crippen LogP contribution in [0, 0.1) is 16.7 Å². The summed E-state index contributed by atoms with van der Waals surface area (Å²) in [6, 6.07) is 0. The summed E-state index contributed by atoms with van der Waals surface area (Å²) in [6.07, 6.45) is 5.19. The van der Waals surface area contributed by atoms with Gasteiger partial charge >= 0.3 is 5.97 Å². The van der Waals surface area contributed by atoms with Crippen molar-refractivity contribution in [3.8, 4) is 0 Å². The van der Waals surface area contributed by atoms with Crippen molar-refractivity contribution >= 4 is 5.97 Å². The number of hydrogen-bond donors (Lipinski definition) is 2. The van der Waals surface area contributed by atoms with Crippen molar-refractivity contribution in [1.82, 2.24) is 0 Å². The Balaban J connectivity index is 2.09. The first kappa shape index (κ1) is 11.9. The van der Waals surface area contributed by atoms with Crippen LogP contribution in [-0.4, -0.2) is 22.3 Å². The zero-order chi connectivity index (χ0) is 12.0. The summed E-state index contributed by atoms with van der Waals surface area (Å²) in [4.78, 5) is 10.9. The molecule has 2 unspecified atom stereocenters. The molecule has 0 aliphatic heterocycles. The van der Waals surface area contributed by atoms with Crippen molar-refractivity contribution < 1.29 is 15.0 Å². The van der Waals surface area contributed by atoms with E-state index >= 15 is 0 Å². The number of aliphatic carboxylic acids is 1. The quantitative estimate of drug-likeness (QED) is 0.777. The third kappa shape index (κ3) is 1.97. The summed E-state index contributed by atoms with van der Waals surface area (Å²) >= 11 is 0. The summed E-state index contributed by atoms with van der Waals surface area (Å²) < 4.78 is 0. The van der Waals surface area contributed by atoms with Crippen LogP contribution >= 0.6 is 0 Å². The lowest BCUT2D eigenvalue weighted by Gasteiger charge is -2.40. The predicted molar refractivity (Wildman–Crippen MR) is 61.0 cm³/mol. The molecule has 3 nitrogen and oxygen atoms in total. The highest BCUT2D eigenvalue weighted by Crippen LogP contribution is 2.60. The molecule has 0 spiro atoms. The molecule has 92 valence electrons. The molecule has 2 saturated carbocycles. The van der Waals surface area contributed by atoms with E-state index in [1.54, 1.807) is 0 Å². The van der Waals surface area contributed by atoms with E-state index in [1.807, 2.05) is 0 Å². The second-order valence-electron chi connectivity index (χ2n) is 6.43. The Morgan fingerprint density at radius 3 is 2.38 bits per heavy atom. The van der Waals surface area contributed by atoms with E-state index in [-0.39, 0.29) is 5.41 Å². The number of carbonyl (C=O) groups is 1. The van der Waals surface area contributed by atoms with E-state index in [9.17, 15) is 9.90 Å². The number of hydrogen-bond acceptors (Lipinski definition) is 2. The fourth-order valence-corrected chi connectivity index (χ4v) is 3.48. The Hall–Kier alpha value is -0.570. The van der Waals surface area contributed by atoms with Gasteiger partial charge in [0, 0.05) is 5.41 Å². The van der Waals surface area contributed by atoms with Crippen LogP contribution < -0.4 is 0 Å². The molecule has 2 N–H and O–H groups in total. The fourth-order valence-electron chi connectivity index (χ4n) is 3.48. The second-order valence-corrected chi connectivity index (χ2v) is 6.43. The van der Waals surface area contributed by atoms with Gasteiger partial charge in [-0.15, -0.1) is 0 Å². The maximum Gasteiger partial charge on any atom is 0.333 e. The van der Waals surface area contributed by atoms with Crippen LogP contribution in [-0.2, 0) is 4.79 Å². The molecule has 0 aromatic heterocycles. The number of aliphatic hydroxyl groups is 1. The van der Waals surface area contributed by atoms with Crippen LogP contribution in [0.25, 0.3) is 0 Å². The van der Waals surface area contributed by atoms with Gasteiger partial charge in [-0.1, -0.05) is 20.3 Å². The molecular weight excluding hydrogens is 204 g/mol. The molecule has 2 aliphatic rings. The summed E-state index contributed by atoms with van der Waals surface area (Å²) in [5.41, 5.74) is 0.0280. The topological polar surface area (TPSA) is 57.5 Å². The molecule has 3 heteroatoms. The molecule has 2 aliphatic carbocycles. The molecule has 0 aromatic rings. The molecule has 0 saturated heterocycles. The Labute approximate surface area is 96.9 Å². The van der Waals surface area contributed by atoms with Gasteiger partial charge in [0.15, 0.2) is 6.10 Å². The summed E-state index contributed by atoms with van der Waals surface area (Å²) in [5, 5.41) is 18.8. The van der Waals surface area contributed by atoms with E-state index in [0.717, 1.165) is 25.7 Å². The van der Waals surface area contributed by atoms with Crippen LogP contribution in [0.5, 0.6) is 0 Å². The molecule has 2 atom stereocenters. The summed E-state index contributed by atoms with van der Waals surface area (Å²) in [6.45, 7) is 4.50. The standard InChI is InChI=1S/C13H22O3/c1-12(2)5-3-4-9(8-12)13(6-7-13)10(14)11(15)16/h9-10,14H,3-8H2,1-2H3,(H,15,16). The SMILES string of the molecule is CC1(C)CCCC(C2(C(O)C(=O)O)CC2)C1. The number of rotatable bonds is 3. The van der Waals surface area contributed by atoms with Crippen LogP contribution in [0.15, 0.2) is 0 Å². The minimum Gasteiger partial charge on any atom is -0.479 e. The van der Waals surface area contributed by atoms with Crippen molar-refractivity contribution in [3.05, 3.63) is 0 Å². The Morgan fingerprint density at radius 2 is 1.94 bits per heavy atom. The van der Waals surface area contributed by atoms with Gasteiger partial charge in [0.2, 0.25) is 0 Å². The first-order valence-corrected chi connectivity index (χ1v) is 6.28. The lowest BCUT2D eigenvalue weighted by molar-refractivity contribution is -0.153. The maximum atomic E-state index is 10.9. The molecule has 16 heavy (non-hydrogen) atoms. The third-order valence-corrected chi connectivity index (χ3v) is 4.62. The monoisotopic (exact) mass is 226 g/mol. The minimum atomic E-state index is -1.15. The van der Waals surface area contributed by atoms with Crippen LogP contribution in [0.4, 0.5) is 0 Å². The highest BCUT2D eigenvalue weighted by Gasteiger charge is 2.58. The minimum absolute atomic E-state index is 0.288. The smallest absolute Gasteiger partial charge is 0.333 e. The zero-order valence-electron chi connectivity index (χ0n) is 10.2. The van der Waals surface area contributed by atoms with Gasteiger partial charge in [-0.05, 0) is 43.4 Å². The van der Waals surface area contributed by atoms with Crippen LogP contribution in [0.3, 0.4) is 0 Å². The Kier molecular flexibility index (Phi) is 2.77. The van der Waals surface area contributed by atoms with E-state index in [2.05, 4.69) is 13.8 Å². The van der Waals surface area contributed by atoms with Crippen molar-refractivity contribution in [3.63, 3.8) is 0 Å². The van der Waals surface area contributed by atoms with Gasteiger partial charge in [0.1, 0.15) is 0 Å². The third-order valence-electron chi connectivity index (χ3n) is 4.62. The zero-order valence-corrected chi connectivity index (χ0v) is 10.2. The first-order chi connectivity index (χ1) is 7.37. The maximum absolute atomic E-state index is 10.9. The van der Waals surface area contributed by atoms with E-state index in [0.29, 0.717) is 11.3 Å². The number of carboxylic acid groups (broad SMARTS) is 1. The van der Waals surface area contributed by atoms with E-state index in [1.165, 1.54) is 12.8 Å². The van der Waals surface area contributed by atoms with Gasteiger partial charge in [0.25, 0.3) is 0 Å². The van der Waals surface area contributed by atoms with Crippen LogP contribution in [0.2, 0.25) is 0 Å². The second kappa shape index (κ2) is 3.73. The van der Waals surface area contributed by atoms with Gasteiger partial charge in [0.05, 0.1) is 0 Å². The number of aliphatic hydroxyl groups excluding tert-OH is 1. The molecule has 0 bridgehead atoms. The lowest BCUT2D eigenvalue weighted by atomic mass is 9.65. The van der Waals surface area contributed by atoms with Crippen molar-refractivity contribution in [1.29, 1.82) is 0 Å². The molecule has 0 heterocycles. The lowest BCUT2D eigenvalue weighted by Crippen LogP contribution is -2.39. The van der Waals surface area contributed by atoms with Gasteiger partial charge in [-0.3, -0.25) is 0 Å². The van der Waals surface area contributed by atoms with Crippen molar-refractivity contribution in [2.24, 2.45) is 16.7 Å². The molecular formula is C13H22O3. The van der Waals surface area contributed by atoms with E-state index < -0.39 is 12.1 Å².